The van der Waals surface area contributed by atoms with E-state index in [1.165, 1.54) is 0 Å². The van der Waals surface area contributed by atoms with Crippen LogP contribution in [-0.2, 0) is 18.9 Å². The van der Waals surface area contributed by atoms with Gasteiger partial charge in [-0.1, -0.05) is 12.1 Å². The van der Waals surface area contributed by atoms with Gasteiger partial charge in [-0.3, -0.25) is 0 Å². The maximum absolute atomic E-state index is 11.8. The molecule has 1 aromatic heterocycles. The van der Waals surface area contributed by atoms with Crippen molar-refractivity contribution >= 4 is 40.7 Å². The van der Waals surface area contributed by atoms with Crippen LogP contribution in [0.1, 0.15) is 0 Å². The molecule has 0 unspecified atom stereocenters. The monoisotopic (exact) mass is 309 g/mol. The Kier molecular flexibility index (Phi) is 3.35. The molecule has 0 radical (unpaired) electrons. The number of rotatable bonds is 4. The topological polar surface area (TPSA) is 94.3 Å². The number of aromatic nitrogens is 1. The predicted octanol–water partition coefficient (Wildman–Crippen LogP) is 1.17. The van der Waals surface area contributed by atoms with E-state index in [4.69, 9.17) is 15.1 Å². The fraction of sp³-hybridized carbons (Fsp3) is 0.222. The Morgan fingerprint density at radius 3 is 2.39 bits per heavy atom. The molecule has 1 heterocycles. The molecule has 0 amide bonds. The molecule has 9 heteroatoms. The van der Waals surface area contributed by atoms with Crippen LogP contribution in [-0.4, -0.2) is 33.3 Å². The van der Waals surface area contributed by atoms with Gasteiger partial charge in [0.15, 0.2) is 5.58 Å². The van der Waals surface area contributed by atoms with Crippen LogP contribution in [0.2, 0.25) is 0 Å². The van der Waals surface area contributed by atoms with Crippen molar-refractivity contribution in [2.45, 2.75) is 5.22 Å². The Morgan fingerprint density at radius 1 is 1.11 bits per heavy atom. The third-order valence-corrected chi connectivity index (χ3v) is 5.00. The highest BCUT2D eigenvalue weighted by molar-refractivity contribution is 8.14. The van der Waals surface area contributed by atoms with Gasteiger partial charge in [0.05, 0.1) is 11.5 Å². The predicted molar refractivity (Wildman–Crippen MR) is 65.7 cm³/mol. The lowest BCUT2D eigenvalue weighted by Crippen LogP contribution is -2.14. The van der Waals surface area contributed by atoms with Gasteiger partial charge in [0, 0.05) is 10.7 Å². The van der Waals surface area contributed by atoms with E-state index in [1.54, 1.807) is 24.3 Å². The van der Waals surface area contributed by atoms with Gasteiger partial charge >= 0.3 is 5.22 Å². The Balaban J connectivity index is 2.35. The van der Waals surface area contributed by atoms with Crippen LogP contribution in [0.25, 0.3) is 11.1 Å². The van der Waals surface area contributed by atoms with Crippen molar-refractivity contribution in [3.8, 4) is 0 Å². The summed E-state index contributed by atoms with van der Waals surface area (Å²) in [6, 6.07) is 6.52. The van der Waals surface area contributed by atoms with E-state index in [2.05, 4.69) is 4.98 Å². The van der Waals surface area contributed by atoms with Crippen LogP contribution in [0.3, 0.4) is 0 Å². The SMILES string of the molecule is O=S(=O)(Cl)CCS(=O)(=O)c1nc2ccccc2o1. The molecule has 0 aliphatic rings. The third kappa shape index (κ3) is 3.01. The van der Waals surface area contributed by atoms with Crippen molar-refractivity contribution in [2.24, 2.45) is 0 Å². The molecule has 0 spiro atoms. The number of para-hydroxylation sites is 2. The fourth-order valence-corrected chi connectivity index (χ4v) is 4.15. The Morgan fingerprint density at radius 2 is 1.78 bits per heavy atom. The largest absolute Gasteiger partial charge is 0.428 e. The Labute approximate surface area is 108 Å². The summed E-state index contributed by atoms with van der Waals surface area (Å²) < 4.78 is 50.1. The van der Waals surface area contributed by atoms with Gasteiger partial charge in [-0.05, 0) is 12.1 Å². The quantitative estimate of drug-likeness (QED) is 0.787. The number of hydrogen-bond donors (Lipinski definition) is 0. The van der Waals surface area contributed by atoms with Gasteiger partial charge in [-0.2, -0.15) is 4.98 Å². The zero-order valence-corrected chi connectivity index (χ0v) is 11.3. The Bertz CT molecular complexity index is 745. The van der Waals surface area contributed by atoms with E-state index in [0.717, 1.165) is 0 Å². The highest BCUT2D eigenvalue weighted by atomic mass is 35.7. The Hall–Kier alpha value is -1.12. The van der Waals surface area contributed by atoms with E-state index in [0.29, 0.717) is 11.1 Å². The third-order valence-electron chi connectivity index (χ3n) is 2.14. The van der Waals surface area contributed by atoms with E-state index in [9.17, 15) is 16.8 Å². The number of benzene rings is 1. The van der Waals surface area contributed by atoms with Crippen molar-refractivity contribution < 1.29 is 21.3 Å². The minimum Gasteiger partial charge on any atom is -0.428 e. The van der Waals surface area contributed by atoms with E-state index in [1.807, 2.05) is 0 Å². The van der Waals surface area contributed by atoms with Crippen molar-refractivity contribution in [3.05, 3.63) is 24.3 Å². The average molecular weight is 310 g/mol. The molecule has 0 atom stereocenters. The summed E-state index contributed by atoms with van der Waals surface area (Å²) in [5.74, 6) is -1.35. The zero-order chi connectivity index (χ0) is 13.4. The molecule has 1 aromatic carbocycles. The molecule has 0 fully saturated rings. The summed E-state index contributed by atoms with van der Waals surface area (Å²) in [7, 11) is -2.81. The maximum atomic E-state index is 11.8. The van der Waals surface area contributed by atoms with Crippen molar-refractivity contribution in [2.75, 3.05) is 11.5 Å². The summed E-state index contributed by atoms with van der Waals surface area (Å²) in [5.41, 5.74) is 0.717. The first-order chi connectivity index (χ1) is 8.28. The second kappa shape index (κ2) is 4.52. The number of oxazole rings is 1. The first kappa shape index (κ1) is 13.3. The minimum absolute atomic E-state index is 0.324. The molecule has 0 aliphatic heterocycles. The van der Waals surface area contributed by atoms with Crippen LogP contribution >= 0.6 is 10.7 Å². The second-order valence-corrected chi connectivity index (χ2v) is 8.39. The molecule has 6 nitrogen and oxygen atoms in total. The van der Waals surface area contributed by atoms with Crippen LogP contribution in [0.4, 0.5) is 0 Å². The summed E-state index contributed by atoms with van der Waals surface area (Å²) in [4.78, 5) is 3.79. The van der Waals surface area contributed by atoms with E-state index >= 15 is 0 Å². The van der Waals surface area contributed by atoms with Gasteiger partial charge in [-0.15, -0.1) is 0 Å². The summed E-state index contributed by atoms with van der Waals surface area (Å²) in [5, 5.41) is -0.496. The van der Waals surface area contributed by atoms with Gasteiger partial charge in [-0.25, -0.2) is 16.8 Å². The number of hydrogen-bond acceptors (Lipinski definition) is 6. The molecule has 0 saturated carbocycles. The minimum atomic E-state index is -3.90. The van der Waals surface area contributed by atoms with Crippen molar-refractivity contribution in [1.29, 1.82) is 0 Å². The lowest BCUT2D eigenvalue weighted by atomic mass is 10.3. The number of sulfone groups is 1. The van der Waals surface area contributed by atoms with Gasteiger partial charge in [0.25, 0.3) is 0 Å². The molecule has 0 aliphatic carbocycles. The van der Waals surface area contributed by atoms with E-state index < -0.39 is 35.6 Å². The molecular formula is C9H8ClNO5S2. The maximum Gasteiger partial charge on any atom is 0.316 e. The normalized spacial score (nSPS) is 12.9. The summed E-state index contributed by atoms with van der Waals surface area (Å²) >= 11 is 0. The fourth-order valence-electron chi connectivity index (χ4n) is 1.28. The van der Waals surface area contributed by atoms with Crippen LogP contribution < -0.4 is 0 Å². The van der Waals surface area contributed by atoms with Crippen LogP contribution in [0.5, 0.6) is 0 Å². The smallest absolute Gasteiger partial charge is 0.316 e. The highest BCUT2D eigenvalue weighted by Crippen LogP contribution is 2.19. The first-order valence-corrected chi connectivity index (χ1v) is 8.92. The lowest BCUT2D eigenvalue weighted by Gasteiger charge is -1.96. The zero-order valence-electron chi connectivity index (χ0n) is 8.91. The lowest BCUT2D eigenvalue weighted by molar-refractivity contribution is 0.459. The molecule has 0 N–H and O–H groups in total. The van der Waals surface area contributed by atoms with Crippen LogP contribution in [0, 0.1) is 0 Å². The van der Waals surface area contributed by atoms with Crippen molar-refractivity contribution in [3.63, 3.8) is 0 Å². The summed E-state index contributed by atoms with van der Waals surface area (Å²) in [6.07, 6.45) is 0. The van der Waals surface area contributed by atoms with Crippen LogP contribution in [0.15, 0.2) is 33.9 Å². The average Bonchev–Trinajstić information content (AvgIpc) is 2.70. The molecule has 98 valence electrons. The molecular weight excluding hydrogens is 302 g/mol. The second-order valence-electron chi connectivity index (χ2n) is 3.51. The molecule has 0 saturated heterocycles. The van der Waals surface area contributed by atoms with Gasteiger partial charge in [0.2, 0.25) is 18.9 Å². The molecule has 18 heavy (non-hydrogen) atoms. The summed E-state index contributed by atoms with van der Waals surface area (Å²) in [6.45, 7) is 0. The number of fused-ring (bicyclic) bond motifs is 1. The molecule has 2 rings (SSSR count). The number of nitrogens with zero attached hydrogens (tertiary/aromatic N) is 1. The highest BCUT2D eigenvalue weighted by Gasteiger charge is 2.24. The number of halogens is 1. The van der Waals surface area contributed by atoms with Gasteiger partial charge in [0.1, 0.15) is 5.52 Å². The first-order valence-electron chi connectivity index (χ1n) is 4.79. The molecule has 2 aromatic rings. The molecule has 0 bridgehead atoms. The van der Waals surface area contributed by atoms with Crippen molar-refractivity contribution in [1.82, 2.24) is 4.98 Å². The standard InChI is InChI=1S/C9H8ClNO5S2/c10-18(14,15)6-5-17(12,13)9-11-7-3-1-2-4-8(7)16-9/h1-4H,5-6H2. The van der Waals surface area contributed by atoms with E-state index in [-0.39, 0.29) is 0 Å². The van der Waals surface area contributed by atoms with Gasteiger partial charge < -0.3 is 4.42 Å².